The van der Waals surface area contributed by atoms with Crippen LogP contribution in [0, 0.1) is 6.92 Å². The lowest BCUT2D eigenvalue weighted by Gasteiger charge is -2.16. The van der Waals surface area contributed by atoms with Crippen LogP contribution in [0.15, 0.2) is 47.3 Å². The van der Waals surface area contributed by atoms with Crippen LogP contribution in [0.5, 0.6) is 0 Å². The Labute approximate surface area is 108 Å². The van der Waals surface area contributed by atoms with Crippen molar-refractivity contribution in [2.45, 2.75) is 13.5 Å². The van der Waals surface area contributed by atoms with Crippen molar-refractivity contribution >= 4 is 5.69 Å². The van der Waals surface area contributed by atoms with E-state index in [9.17, 15) is 0 Å². The zero-order chi connectivity index (χ0) is 12.8. The number of likely N-dealkylation sites (N-methyl/N-ethyl adjacent to an activating group) is 1. The maximum Gasteiger partial charge on any atom is 0.0947 e. The van der Waals surface area contributed by atoms with Gasteiger partial charge in [-0.2, -0.15) is 0 Å². The van der Waals surface area contributed by atoms with Crippen LogP contribution < -0.4 is 5.32 Å². The molecule has 1 N–H and O–H groups in total. The summed E-state index contributed by atoms with van der Waals surface area (Å²) in [4.78, 5) is 2.27. The summed E-state index contributed by atoms with van der Waals surface area (Å²) in [5.74, 6) is 0. The molecule has 96 valence electrons. The van der Waals surface area contributed by atoms with Crippen LogP contribution in [0.3, 0.4) is 0 Å². The van der Waals surface area contributed by atoms with E-state index in [-0.39, 0.29) is 0 Å². The monoisotopic (exact) mass is 244 g/mol. The van der Waals surface area contributed by atoms with E-state index in [1.807, 2.05) is 6.07 Å². The lowest BCUT2D eigenvalue weighted by molar-refractivity contribution is 0.338. The number of hydrogen-bond donors (Lipinski definition) is 1. The Morgan fingerprint density at radius 1 is 1.28 bits per heavy atom. The molecule has 0 radical (unpaired) electrons. The van der Waals surface area contributed by atoms with E-state index in [1.54, 1.807) is 12.5 Å². The van der Waals surface area contributed by atoms with Crippen molar-refractivity contribution in [1.82, 2.24) is 4.90 Å². The molecular formula is C15H20N2O. The highest BCUT2D eigenvalue weighted by Crippen LogP contribution is 2.09. The quantitative estimate of drug-likeness (QED) is 0.846. The molecule has 3 nitrogen and oxygen atoms in total. The summed E-state index contributed by atoms with van der Waals surface area (Å²) in [7, 11) is 2.12. The van der Waals surface area contributed by atoms with Crippen LogP contribution in [0.4, 0.5) is 5.69 Å². The zero-order valence-corrected chi connectivity index (χ0v) is 11.0. The lowest BCUT2D eigenvalue weighted by Crippen LogP contribution is -2.24. The average Bonchev–Trinajstić information content (AvgIpc) is 2.82. The zero-order valence-electron chi connectivity index (χ0n) is 11.0. The van der Waals surface area contributed by atoms with Gasteiger partial charge >= 0.3 is 0 Å². The van der Waals surface area contributed by atoms with Gasteiger partial charge < -0.3 is 14.6 Å². The molecule has 0 atom stereocenters. The first kappa shape index (κ1) is 12.7. The van der Waals surface area contributed by atoms with Crippen molar-refractivity contribution < 1.29 is 4.42 Å². The van der Waals surface area contributed by atoms with Gasteiger partial charge in [0.2, 0.25) is 0 Å². The molecule has 1 aromatic heterocycles. The number of nitrogens with one attached hydrogen (secondary N) is 1. The molecule has 2 rings (SSSR count). The molecule has 0 fully saturated rings. The SMILES string of the molecule is Cc1cccc(NCCN(C)Cc2ccoc2)c1. The third-order valence-corrected chi connectivity index (χ3v) is 2.87. The molecule has 0 aliphatic heterocycles. The Morgan fingerprint density at radius 2 is 2.17 bits per heavy atom. The van der Waals surface area contributed by atoms with E-state index in [0.717, 1.165) is 19.6 Å². The summed E-state index contributed by atoms with van der Waals surface area (Å²) < 4.78 is 5.06. The summed E-state index contributed by atoms with van der Waals surface area (Å²) in [5, 5.41) is 3.43. The third kappa shape index (κ3) is 3.93. The second kappa shape index (κ2) is 6.26. The average molecular weight is 244 g/mol. The summed E-state index contributed by atoms with van der Waals surface area (Å²) in [6, 6.07) is 10.5. The molecular weight excluding hydrogens is 224 g/mol. The van der Waals surface area contributed by atoms with Crippen molar-refractivity contribution in [2.75, 3.05) is 25.5 Å². The maximum atomic E-state index is 5.06. The standard InChI is InChI=1S/C15H20N2O/c1-13-4-3-5-15(10-13)16-7-8-17(2)11-14-6-9-18-12-14/h3-6,9-10,12,16H,7-8,11H2,1-2H3. The normalized spacial score (nSPS) is 10.8. The van der Waals surface area contributed by atoms with Crippen molar-refractivity contribution in [3.8, 4) is 0 Å². The van der Waals surface area contributed by atoms with Gasteiger partial charge in [0.05, 0.1) is 12.5 Å². The molecule has 2 aromatic rings. The minimum absolute atomic E-state index is 0.923. The van der Waals surface area contributed by atoms with E-state index in [1.165, 1.54) is 16.8 Å². The van der Waals surface area contributed by atoms with Gasteiger partial charge in [0.25, 0.3) is 0 Å². The van der Waals surface area contributed by atoms with Crippen LogP contribution >= 0.6 is 0 Å². The molecule has 0 spiro atoms. The van der Waals surface area contributed by atoms with Crippen molar-refractivity contribution in [3.63, 3.8) is 0 Å². The Morgan fingerprint density at radius 3 is 2.89 bits per heavy atom. The molecule has 1 aromatic carbocycles. The maximum absolute atomic E-state index is 5.06. The Bertz CT molecular complexity index is 465. The fraction of sp³-hybridized carbons (Fsp3) is 0.333. The molecule has 1 heterocycles. The topological polar surface area (TPSA) is 28.4 Å². The summed E-state index contributed by atoms with van der Waals surface area (Å²) in [6.45, 7) is 4.97. The second-order valence-electron chi connectivity index (χ2n) is 4.67. The molecule has 0 unspecified atom stereocenters. The van der Waals surface area contributed by atoms with E-state index in [0.29, 0.717) is 0 Å². The predicted molar refractivity (Wildman–Crippen MR) is 74.7 cm³/mol. The van der Waals surface area contributed by atoms with Crippen molar-refractivity contribution in [1.29, 1.82) is 0 Å². The van der Waals surface area contributed by atoms with E-state index in [4.69, 9.17) is 4.42 Å². The first-order valence-electron chi connectivity index (χ1n) is 6.24. The van der Waals surface area contributed by atoms with Crippen LogP contribution in [-0.2, 0) is 6.54 Å². The molecule has 0 saturated heterocycles. The molecule has 0 aliphatic carbocycles. The highest BCUT2D eigenvalue weighted by Gasteiger charge is 2.01. The van der Waals surface area contributed by atoms with Gasteiger partial charge in [-0.3, -0.25) is 0 Å². The van der Waals surface area contributed by atoms with Crippen LogP contribution in [0.1, 0.15) is 11.1 Å². The Kier molecular flexibility index (Phi) is 4.42. The lowest BCUT2D eigenvalue weighted by atomic mass is 10.2. The summed E-state index contributed by atoms with van der Waals surface area (Å²) >= 11 is 0. The van der Waals surface area contributed by atoms with Gasteiger partial charge in [0, 0.05) is 30.9 Å². The second-order valence-corrected chi connectivity index (χ2v) is 4.67. The third-order valence-electron chi connectivity index (χ3n) is 2.87. The Hall–Kier alpha value is -1.74. The number of anilines is 1. The van der Waals surface area contributed by atoms with E-state index < -0.39 is 0 Å². The molecule has 0 bridgehead atoms. The smallest absolute Gasteiger partial charge is 0.0947 e. The van der Waals surface area contributed by atoms with Crippen LogP contribution in [0.25, 0.3) is 0 Å². The van der Waals surface area contributed by atoms with Crippen molar-refractivity contribution in [2.24, 2.45) is 0 Å². The molecule has 3 heteroatoms. The highest BCUT2D eigenvalue weighted by molar-refractivity contribution is 5.45. The number of hydrogen-bond acceptors (Lipinski definition) is 3. The van der Waals surface area contributed by atoms with Gasteiger partial charge in [0.15, 0.2) is 0 Å². The fourth-order valence-electron chi connectivity index (χ4n) is 1.92. The molecule has 0 amide bonds. The number of aryl methyl sites for hydroxylation is 1. The summed E-state index contributed by atoms with van der Waals surface area (Å²) in [5.41, 5.74) is 3.69. The predicted octanol–water partition coefficient (Wildman–Crippen LogP) is 3.13. The van der Waals surface area contributed by atoms with Crippen molar-refractivity contribution in [3.05, 3.63) is 54.0 Å². The van der Waals surface area contributed by atoms with Gasteiger partial charge in [-0.05, 0) is 37.7 Å². The summed E-state index contributed by atoms with van der Waals surface area (Å²) in [6.07, 6.45) is 3.51. The minimum Gasteiger partial charge on any atom is -0.472 e. The highest BCUT2D eigenvalue weighted by atomic mass is 16.3. The number of furan rings is 1. The molecule has 0 aliphatic rings. The molecule has 0 saturated carbocycles. The van der Waals surface area contributed by atoms with Crippen LogP contribution in [-0.4, -0.2) is 25.0 Å². The number of rotatable bonds is 6. The van der Waals surface area contributed by atoms with E-state index >= 15 is 0 Å². The number of nitrogens with zero attached hydrogens (tertiary/aromatic N) is 1. The first-order valence-corrected chi connectivity index (χ1v) is 6.24. The Balaban J connectivity index is 1.72. The first-order chi connectivity index (χ1) is 8.74. The van der Waals surface area contributed by atoms with Gasteiger partial charge in [0.1, 0.15) is 0 Å². The minimum atomic E-state index is 0.923. The largest absolute Gasteiger partial charge is 0.472 e. The van der Waals surface area contributed by atoms with Crippen LogP contribution in [0.2, 0.25) is 0 Å². The van der Waals surface area contributed by atoms with Gasteiger partial charge in [-0.1, -0.05) is 12.1 Å². The van der Waals surface area contributed by atoms with Gasteiger partial charge in [-0.15, -0.1) is 0 Å². The van der Waals surface area contributed by atoms with Gasteiger partial charge in [-0.25, -0.2) is 0 Å². The fourth-order valence-corrected chi connectivity index (χ4v) is 1.92. The molecule has 18 heavy (non-hydrogen) atoms. The number of benzene rings is 1. The van der Waals surface area contributed by atoms with E-state index in [2.05, 4.69) is 48.5 Å².